The number of piperazine rings is 1. The van der Waals surface area contributed by atoms with Crippen molar-refractivity contribution in [3.63, 3.8) is 0 Å². The summed E-state index contributed by atoms with van der Waals surface area (Å²) in [4.78, 5) is 3.15. The smallest absolute Gasteiger partial charge is 0.252 e. The second-order valence-corrected chi connectivity index (χ2v) is 10.3. The maximum absolute atomic E-state index is 12.9. The van der Waals surface area contributed by atoms with Gasteiger partial charge in [0.05, 0.1) is 6.26 Å². The van der Waals surface area contributed by atoms with Crippen LogP contribution in [-0.2, 0) is 16.4 Å². The Morgan fingerprint density at radius 3 is 2.60 bits per heavy atom. The van der Waals surface area contributed by atoms with Gasteiger partial charge in [0.25, 0.3) is 10.0 Å². The van der Waals surface area contributed by atoms with Gasteiger partial charge in [-0.05, 0) is 42.8 Å². The van der Waals surface area contributed by atoms with E-state index >= 15 is 0 Å². The van der Waals surface area contributed by atoms with Crippen LogP contribution in [0.3, 0.4) is 0 Å². The first kappa shape index (κ1) is 19.2. The number of aromatic nitrogens is 4. The zero-order chi connectivity index (χ0) is 20.7. The Labute approximate surface area is 177 Å². The first-order valence-corrected chi connectivity index (χ1v) is 11.9. The van der Waals surface area contributed by atoms with Crippen LogP contribution in [0.25, 0.3) is 17.2 Å². The van der Waals surface area contributed by atoms with E-state index in [2.05, 4.69) is 20.2 Å². The lowest BCUT2D eigenvalue weighted by molar-refractivity contribution is 0.384. The van der Waals surface area contributed by atoms with Crippen LogP contribution in [0.15, 0.2) is 51.3 Å². The summed E-state index contributed by atoms with van der Waals surface area (Å²) in [5.41, 5.74) is 0.621. The highest BCUT2D eigenvalue weighted by Gasteiger charge is 2.30. The molecule has 156 valence electrons. The number of aryl methyl sites for hydroxylation is 1. The number of nitrogens with zero attached hydrogens (tertiary/aromatic N) is 6. The van der Waals surface area contributed by atoms with Gasteiger partial charge in [0.1, 0.15) is 10.0 Å². The molecule has 0 atom stereocenters. The van der Waals surface area contributed by atoms with Crippen LogP contribution in [0.5, 0.6) is 0 Å². The third-order valence-corrected chi connectivity index (χ3v) is 8.73. The molecule has 0 aromatic carbocycles. The Bertz CT molecular complexity index is 1270. The molecule has 9 nitrogen and oxygen atoms in total. The van der Waals surface area contributed by atoms with Gasteiger partial charge in [-0.3, -0.25) is 0 Å². The molecular weight excluding hydrogens is 424 g/mol. The van der Waals surface area contributed by atoms with Crippen LogP contribution in [-0.4, -0.2) is 58.7 Å². The van der Waals surface area contributed by atoms with E-state index in [0.717, 1.165) is 17.1 Å². The molecule has 1 fully saturated rings. The van der Waals surface area contributed by atoms with Crippen molar-refractivity contribution in [2.24, 2.45) is 0 Å². The third kappa shape index (κ3) is 3.28. The van der Waals surface area contributed by atoms with Crippen molar-refractivity contribution in [3.05, 3.63) is 47.5 Å². The summed E-state index contributed by atoms with van der Waals surface area (Å²) in [6.07, 6.45) is 2.42. The summed E-state index contributed by atoms with van der Waals surface area (Å²) in [6, 6.07) is 10.9. The van der Waals surface area contributed by atoms with E-state index in [1.807, 2.05) is 31.2 Å². The lowest BCUT2D eigenvalue weighted by Crippen LogP contribution is -2.48. The number of rotatable bonds is 5. The fraction of sp³-hybridized carbons (Fsp3) is 0.316. The van der Waals surface area contributed by atoms with E-state index in [0.29, 0.717) is 47.6 Å². The van der Waals surface area contributed by atoms with Gasteiger partial charge >= 0.3 is 0 Å². The largest absolute Gasteiger partial charge is 0.461 e. The predicted octanol–water partition coefficient (Wildman–Crippen LogP) is 2.52. The highest BCUT2D eigenvalue weighted by molar-refractivity contribution is 7.91. The molecule has 11 heteroatoms. The summed E-state index contributed by atoms with van der Waals surface area (Å²) in [6.45, 7) is 3.96. The second kappa shape index (κ2) is 7.49. The quantitative estimate of drug-likeness (QED) is 0.467. The molecule has 1 aliphatic heterocycles. The van der Waals surface area contributed by atoms with Crippen molar-refractivity contribution >= 4 is 32.8 Å². The van der Waals surface area contributed by atoms with Crippen molar-refractivity contribution in [1.82, 2.24) is 24.1 Å². The summed E-state index contributed by atoms with van der Waals surface area (Å²) >= 11 is 1.35. The van der Waals surface area contributed by atoms with Gasteiger partial charge in [-0.2, -0.15) is 8.82 Å². The Kier molecular flexibility index (Phi) is 4.80. The highest BCUT2D eigenvalue weighted by Crippen LogP contribution is 2.27. The molecule has 1 aliphatic rings. The molecule has 0 radical (unpaired) electrons. The Balaban J connectivity index is 1.35. The third-order valence-electron chi connectivity index (χ3n) is 5.13. The van der Waals surface area contributed by atoms with Crippen molar-refractivity contribution in [1.29, 1.82) is 0 Å². The van der Waals surface area contributed by atoms with Gasteiger partial charge in [0.15, 0.2) is 11.4 Å². The fourth-order valence-electron chi connectivity index (χ4n) is 3.48. The van der Waals surface area contributed by atoms with E-state index in [1.165, 1.54) is 11.3 Å². The van der Waals surface area contributed by atoms with E-state index in [4.69, 9.17) is 4.42 Å². The van der Waals surface area contributed by atoms with Gasteiger partial charge < -0.3 is 9.32 Å². The topological polar surface area (TPSA) is 96.8 Å². The number of anilines is 1. The SMILES string of the molecule is CCc1ccc(S(=O)(=O)N2CCN(c3ccc4nnc(-c5ccco5)n4n3)CC2)s1. The predicted molar refractivity (Wildman–Crippen MR) is 113 cm³/mol. The summed E-state index contributed by atoms with van der Waals surface area (Å²) in [5, 5.41) is 13.0. The first-order chi connectivity index (χ1) is 14.6. The molecule has 30 heavy (non-hydrogen) atoms. The molecule has 0 saturated carbocycles. The lowest BCUT2D eigenvalue weighted by atomic mass is 10.3. The van der Waals surface area contributed by atoms with Gasteiger partial charge in [-0.25, -0.2) is 8.42 Å². The van der Waals surface area contributed by atoms with Crippen LogP contribution >= 0.6 is 11.3 Å². The van der Waals surface area contributed by atoms with Crippen molar-refractivity contribution in [2.45, 2.75) is 17.6 Å². The molecule has 4 aromatic rings. The zero-order valence-electron chi connectivity index (χ0n) is 16.3. The van der Waals surface area contributed by atoms with Gasteiger partial charge in [0, 0.05) is 31.1 Å². The van der Waals surface area contributed by atoms with Crippen molar-refractivity contribution in [2.75, 3.05) is 31.1 Å². The molecule has 5 heterocycles. The van der Waals surface area contributed by atoms with Crippen LogP contribution in [0.4, 0.5) is 5.82 Å². The monoisotopic (exact) mass is 444 g/mol. The number of fused-ring (bicyclic) bond motifs is 1. The normalized spacial score (nSPS) is 15.8. The average molecular weight is 445 g/mol. The van der Waals surface area contributed by atoms with Gasteiger partial charge in [-0.1, -0.05) is 6.92 Å². The molecule has 1 saturated heterocycles. The zero-order valence-corrected chi connectivity index (χ0v) is 17.9. The minimum atomic E-state index is -3.45. The molecular formula is C19H20N6O3S2. The number of furan rings is 1. The number of sulfonamides is 1. The molecule has 0 N–H and O–H groups in total. The molecule has 0 bridgehead atoms. The second-order valence-electron chi connectivity index (χ2n) is 6.93. The Morgan fingerprint density at radius 1 is 1.07 bits per heavy atom. The number of hydrogen-bond donors (Lipinski definition) is 0. The van der Waals surface area contributed by atoms with Crippen LogP contribution < -0.4 is 4.90 Å². The van der Waals surface area contributed by atoms with Crippen LogP contribution in [0.1, 0.15) is 11.8 Å². The fourth-order valence-corrected chi connectivity index (χ4v) is 6.35. The number of hydrogen-bond acceptors (Lipinski definition) is 8. The molecule has 0 spiro atoms. The molecule has 5 rings (SSSR count). The minimum absolute atomic E-state index is 0.411. The minimum Gasteiger partial charge on any atom is -0.461 e. The Hall–Kier alpha value is -2.76. The van der Waals surface area contributed by atoms with E-state index in [-0.39, 0.29) is 0 Å². The highest BCUT2D eigenvalue weighted by atomic mass is 32.2. The van der Waals surface area contributed by atoms with E-state index < -0.39 is 10.0 Å². The van der Waals surface area contributed by atoms with E-state index in [1.54, 1.807) is 27.2 Å². The van der Waals surface area contributed by atoms with Gasteiger partial charge in [0.2, 0.25) is 5.82 Å². The average Bonchev–Trinajstić information content (AvgIpc) is 3.53. The summed E-state index contributed by atoms with van der Waals surface area (Å²) < 4.78 is 34.9. The lowest BCUT2D eigenvalue weighted by Gasteiger charge is -2.34. The molecule has 0 unspecified atom stereocenters. The molecule has 0 amide bonds. The van der Waals surface area contributed by atoms with Crippen molar-refractivity contribution < 1.29 is 12.8 Å². The van der Waals surface area contributed by atoms with Gasteiger partial charge in [-0.15, -0.1) is 26.6 Å². The van der Waals surface area contributed by atoms with Crippen molar-refractivity contribution in [3.8, 4) is 11.6 Å². The van der Waals surface area contributed by atoms with E-state index in [9.17, 15) is 8.42 Å². The Morgan fingerprint density at radius 2 is 1.90 bits per heavy atom. The maximum Gasteiger partial charge on any atom is 0.252 e. The molecule has 0 aliphatic carbocycles. The maximum atomic E-state index is 12.9. The molecule has 4 aromatic heterocycles. The first-order valence-electron chi connectivity index (χ1n) is 9.66. The standard InChI is InChI=1S/C19H20N6O3S2/c1-2-14-5-8-18(29-14)30(26,27)24-11-9-23(10-12-24)17-7-6-16-20-21-19(25(16)22-17)15-4-3-13-28-15/h3-8,13H,2,9-12H2,1H3. The van der Waals surface area contributed by atoms with Crippen LogP contribution in [0, 0.1) is 0 Å². The summed E-state index contributed by atoms with van der Waals surface area (Å²) in [5.74, 6) is 1.87. The van der Waals surface area contributed by atoms with Crippen LogP contribution in [0.2, 0.25) is 0 Å². The summed E-state index contributed by atoms with van der Waals surface area (Å²) in [7, 11) is -3.45. The number of thiophene rings is 1.